The normalized spacial score (nSPS) is 10.9. The zero-order chi connectivity index (χ0) is 14.1. The van der Waals surface area contributed by atoms with Crippen molar-refractivity contribution in [3.63, 3.8) is 0 Å². The average Bonchev–Trinajstić information content (AvgIpc) is 2.37. The number of amides is 1. The average molecular weight is 302 g/mol. The summed E-state index contributed by atoms with van der Waals surface area (Å²) in [6, 6.07) is 5.12. The summed E-state index contributed by atoms with van der Waals surface area (Å²) in [7, 11) is 0. The molecule has 0 fully saturated rings. The van der Waals surface area contributed by atoms with Crippen molar-refractivity contribution >= 4 is 35.2 Å². The van der Waals surface area contributed by atoms with Gasteiger partial charge in [-0.2, -0.15) is 0 Å². The lowest BCUT2D eigenvalue weighted by atomic mass is 10.2. The van der Waals surface area contributed by atoms with Gasteiger partial charge in [0.25, 0.3) is 0 Å². The highest BCUT2D eigenvalue weighted by Crippen LogP contribution is 2.21. The van der Waals surface area contributed by atoms with Crippen molar-refractivity contribution in [2.45, 2.75) is 19.3 Å². The summed E-state index contributed by atoms with van der Waals surface area (Å²) < 4.78 is 0. The first-order valence-corrected chi connectivity index (χ1v) is 6.91. The Bertz CT molecular complexity index is 447. The maximum Gasteiger partial charge on any atom is 0.243 e. The number of halogens is 2. The molecule has 0 bridgehead atoms. The van der Waals surface area contributed by atoms with Gasteiger partial charge in [-0.1, -0.05) is 29.3 Å². The van der Waals surface area contributed by atoms with E-state index in [-0.39, 0.29) is 12.5 Å². The van der Waals surface area contributed by atoms with E-state index in [1.165, 1.54) is 6.08 Å². The Hall–Kier alpha value is -1.03. The van der Waals surface area contributed by atoms with Crippen LogP contribution >= 0.6 is 23.2 Å². The van der Waals surface area contributed by atoms with Crippen molar-refractivity contribution in [1.29, 1.82) is 0 Å². The number of hydrogen-bond acceptors (Lipinski definition) is 2. The first-order valence-electron chi connectivity index (χ1n) is 6.15. The van der Waals surface area contributed by atoms with Crippen LogP contribution in [0.25, 0.3) is 6.08 Å². The highest BCUT2D eigenvalue weighted by Gasteiger charge is 1.99. The molecular formula is C14H17Cl2NO2. The van der Waals surface area contributed by atoms with E-state index in [1.54, 1.807) is 24.3 Å². The first-order chi connectivity index (χ1) is 9.13. The van der Waals surface area contributed by atoms with Crippen LogP contribution in [0.2, 0.25) is 10.0 Å². The predicted molar refractivity (Wildman–Crippen MR) is 79.4 cm³/mol. The maximum atomic E-state index is 11.5. The topological polar surface area (TPSA) is 49.3 Å². The van der Waals surface area contributed by atoms with Crippen LogP contribution in [0.1, 0.15) is 24.8 Å². The molecule has 0 aromatic heterocycles. The number of carbonyl (C=O) groups is 1. The molecular weight excluding hydrogens is 285 g/mol. The van der Waals surface area contributed by atoms with Crippen molar-refractivity contribution < 1.29 is 9.90 Å². The van der Waals surface area contributed by atoms with Gasteiger partial charge in [-0.3, -0.25) is 4.79 Å². The van der Waals surface area contributed by atoms with Crippen LogP contribution in [-0.4, -0.2) is 24.2 Å². The molecule has 5 heteroatoms. The Morgan fingerprint density at radius 2 is 2.05 bits per heavy atom. The molecule has 0 saturated carbocycles. The Morgan fingerprint density at radius 1 is 1.26 bits per heavy atom. The monoisotopic (exact) mass is 301 g/mol. The molecule has 0 saturated heterocycles. The number of nitrogens with one attached hydrogen (secondary N) is 1. The molecule has 0 unspecified atom stereocenters. The van der Waals surface area contributed by atoms with E-state index in [0.717, 1.165) is 24.8 Å². The fourth-order valence-corrected chi connectivity index (χ4v) is 1.96. The molecule has 1 rings (SSSR count). The van der Waals surface area contributed by atoms with Crippen molar-refractivity contribution in [3.05, 3.63) is 39.9 Å². The molecule has 0 aliphatic carbocycles. The smallest absolute Gasteiger partial charge is 0.243 e. The van der Waals surface area contributed by atoms with Crippen molar-refractivity contribution in [2.24, 2.45) is 0 Å². The second-order valence-corrected chi connectivity index (χ2v) is 4.92. The van der Waals surface area contributed by atoms with Crippen LogP contribution in [0.15, 0.2) is 24.3 Å². The number of benzene rings is 1. The lowest BCUT2D eigenvalue weighted by Gasteiger charge is -2.02. The minimum atomic E-state index is -0.157. The standard InChI is InChI=1S/C14H17Cl2NO2/c15-12-6-4-11(13(16)10-12)5-7-14(19)17-8-2-1-3-9-18/h4-7,10,18H,1-3,8-9H2,(H,17,19)/b7-5+. The fourth-order valence-electron chi connectivity index (χ4n) is 1.49. The van der Waals surface area contributed by atoms with Gasteiger partial charge in [-0.25, -0.2) is 0 Å². The number of hydrogen-bond donors (Lipinski definition) is 2. The second kappa shape index (κ2) is 8.97. The molecule has 0 atom stereocenters. The van der Waals surface area contributed by atoms with Crippen LogP contribution in [-0.2, 0) is 4.79 Å². The molecule has 0 aliphatic heterocycles. The molecule has 0 aliphatic rings. The Morgan fingerprint density at radius 3 is 2.74 bits per heavy atom. The largest absolute Gasteiger partial charge is 0.396 e. The second-order valence-electron chi connectivity index (χ2n) is 4.07. The van der Waals surface area contributed by atoms with Gasteiger partial charge in [0, 0.05) is 29.3 Å². The van der Waals surface area contributed by atoms with Gasteiger partial charge in [-0.15, -0.1) is 0 Å². The minimum Gasteiger partial charge on any atom is -0.396 e. The number of unbranched alkanes of at least 4 members (excludes halogenated alkanes) is 2. The summed E-state index contributed by atoms with van der Waals surface area (Å²) in [4.78, 5) is 11.5. The molecule has 1 aromatic rings. The minimum absolute atomic E-state index is 0.157. The number of rotatable bonds is 7. The first kappa shape index (κ1) is 16.0. The number of aliphatic hydroxyl groups is 1. The van der Waals surface area contributed by atoms with E-state index >= 15 is 0 Å². The van der Waals surface area contributed by atoms with Crippen molar-refractivity contribution in [1.82, 2.24) is 5.32 Å². The zero-order valence-electron chi connectivity index (χ0n) is 10.5. The van der Waals surface area contributed by atoms with Gasteiger partial charge in [0.1, 0.15) is 0 Å². The van der Waals surface area contributed by atoms with Crippen molar-refractivity contribution in [3.8, 4) is 0 Å². The predicted octanol–water partition coefficient (Wildman–Crippen LogP) is 3.29. The summed E-state index contributed by atoms with van der Waals surface area (Å²) in [5, 5.41) is 12.5. The summed E-state index contributed by atoms with van der Waals surface area (Å²) in [6.07, 6.45) is 5.64. The van der Waals surface area contributed by atoms with E-state index in [9.17, 15) is 4.79 Å². The maximum absolute atomic E-state index is 11.5. The molecule has 3 nitrogen and oxygen atoms in total. The molecule has 104 valence electrons. The van der Waals surface area contributed by atoms with Crippen LogP contribution in [0.4, 0.5) is 0 Å². The molecule has 1 amide bonds. The van der Waals surface area contributed by atoms with Crippen LogP contribution in [0.3, 0.4) is 0 Å². The van der Waals surface area contributed by atoms with Gasteiger partial charge in [-0.05, 0) is 43.0 Å². The number of carbonyl (C=O) groups excluding carboxylic acids is 1. The quantitative estimate of drug-likeness (QED) is 0.600. The Kier molecular flexibility index (Phi) is 7.56. The Balaban J connectivity index is 2.37. The number of aliphatic hydroxyl groups excluding tert-OH is 1. The summed E-state index contributed by atoms with van der Waals surface area (Å²) in [6.45, 7) is 0.806. The van der Waals surface area contributed by atoms with Crippen LogP contribution in [0, 0.1) is 0 Å². The van der Waals surface area contributed by atoms with Gasteiger partial charge < -0.3 is 10.4 Å². The fraction of sp³-hybridized carbons (Fsp3) is 0.357. The molecule has 1 aromatic carbocycles. The molecule has 0 radical (unpaired) electrons. The van der Waals surface area contributed by atoms with E-state index < -0.39 is 0 Å². The van der Waals surface area contributed by atoms with Crippen LogP contribution < -0.4 is 5.32 Å². The summed E-state index contributed by atoms with van der Waals surface area (Å²) in [5.74, 6) is -0.157. The Labute approximate surface area is 123 Å². The summed E-state index contributed by atoms with van der Waals surface area (Å²) >= 11 is 11.8. The molecule has 2 N–H and O–H groups in total. The van der Waals surface area contributed by atoms with E-state index in [2.05, 4.69) is 5.32 Å². The molecule has 0 heterocycles. The summed E-state index contributed by atoms with van der Waals surface area (Å²) in [5.41, 5.74) is 0.751. The zero-order valence-corrected chi connectivity index (χ0v) is 12.0. The lowest BCUT2D eigenvalue weighted by Crippen LogP contribution is -2.22. The van der Waals surface area contributed by atoms with Gasteiger partial charge in [0.15, 0.2) is 0 Å². The van der Waals surface area contributed by atoms with E-state index in [1.807, 2.05) is 0 Å². The molecule has 0 spiro atoms. The van der Waals surface area contributed by atoms with E-state index in [0.29, 0.717) is 16.6 Å². The van der Waals surface area contributed by atoms with Gasteiger partial charge in [0.2, 0.25) is 5.91 Å². The van der Waals surface area contributed by atoms with Gasteiger partial charge >= 0.3 is 0 Å². The third-order valence-corrected chi connectivity index (χ3v) is 3.07. The molecule has 19 heavy (non-hydrogen) atoms. The highest BCUT2D eigenvalue weighted by molar-refractivity contribution is 6.35. The third-order valence-electron chi connectivity index (χ3n) is 2.51. The third kappa shape index (κ3) is 6.62. The van der Waals surface area contributed by atoms with Crippen LogP contribution in [0.5, 0.6) is 0 Å². The highest BCUT2D eigenvalue weighted by atomic mass is 35.5. The van der Waals surface area contributed by atoms with E-state index in [4.69, 9.17) is 28.3 Å². The van der Waals surface area contributed by atoms with Gasteiger partial charge in [0.05, 0.1) is 0 Å². The van der Waals surface area contributed by atoms with Crippen molar-refractivity contribution in [2.75, 3.05) is 13.2 Å². The lowest BCUT2D eigenvalue weighted by molar-refractivity contribution is -0.116. The SMILES string of the molecule is O=C(/C=C/c1ccc(Cl)cc1Cl)NCCCCCO.